The predicted octanol–water partition coefficient (Wildman–Crippen LogP) is 1.57. The highest BCUT2D eigenvalue weighted by atomic mass is 16.6. The van der Waals surface area contributed by atoms with Crippen molar-refractivity contribution in [2.75, 3.05) is 5.32 Å². The summed E-state index contributed by atoms with van der Waals surface area (Å²) in [6.07, 6.45) is 2.90. The number of rotatable bonds is 3. The molecular formula is C10H8N4O3. The first kappa shape index (κ1) is 10.8. The van der Waals surface area contributed by atoms with Gasteiger partial charge in [0.05, 0.1) is 17.4 Å². The molecule has 2 N–H and O–H groups in total. The second kappa shape index (κ2) is 4.44. The van der Waals surface area contributed by atoms with Crippen molar-refractivity contribution in [1.29, 1.82) is 0 Å². The lowest BCUT2D eigenvalue weighted by atomic mass is 10.2. The number of nitro benzene ring substituents is 1. The molecule has 1 amide bonds. The predicted molar refractivity (Wildman–Crippen MR) is 59.6 cm³/mol. The van der Waals surface area contributed by atoms with E-state index >= 15 is 0 Å². The summed E-state index contributed by atoms with van der Waals surface area (Å²) in [7, 11) is 0. The number of imidazole rings is 1. The molecule has 0 radical (unpaired) electrons. The molecule has 1 aromatic heterocycles. The lowest BCUT2D eigenvalue weighted by Gasteiger charge is -2.01. The van der Waals surface area contributed by atoms with Gasteiger partial charge < -0.3 is 10.3 Å². The van der Waals surface area contributed by atoms with Crippen LogP contribution in [-0.4, -0.2) is 20.8 Å². The van der Waals surface area contributed by atoms with Crippen molar-refractivity contribution in [3.05, 3.63) is 52.5 Å². The molecule has 2 rings (SSSR count). The summed E-state index contributed by atoms with van der Waals surface area (Å²) < 4.78 is 0. The number of aromatic nitrogens is 2. The molecule has 2 aromatic rings. The van der Waals surface area contributed by atoms with Gasteiger partial charge in [-0.25, -0.2) is 4.98 Å². The van der Waals surface area contributed by atoms with Crippen molar-refractivity contribution in [3.8, 4) is 0 Å². The van der Waals surface area contributed by atoms with Crippen molar-refractivity contribution >= 4 is 17.4 Å². The number of anilines is 1. The van der Waals surface area contributed by atoms with Crippen LogP contribution in [-0.2, 0) is 0 Å². The van der Waals surface area contributed by atoms with Crippen LogP contribution in [0.3, 0.4) is 0 Å². The number of amides is 1. The van der Waals surface area contributed by atoms with E-state index in [2.05, 4.69) is 15.3 Å². The van der Waals surface area contributed by atoms with E-state index in [1.165, 1.54) is 36.8 Å². The molecule has 1 heterocycles. The molecule has 0 saturated heterocycles. The number of hydrogen-bond acceptors (Lipinski definition) is 4. The highest BCUT2D eigenvalue weighted by Crippen LogP contribution is 2.12. The monoisotopic (exact) mass is 232 g/mol. The van der Waals surface area contributed by atoms with Crippen LogP contribution in [0.25, 0.3) is 0 Å². The van der Waals surface area contributed by atoms with Crippen molar-refractivity contribution in [1.82, 2.24) is 9.97 Å². The summed E-state index contributed by atoms with van der Waals surface area (Å²) in [4.78, 5) is 28.0. The van der Waals surface area contributed by atoms with Gasteiger partial charge in [0, 0.05) is 17.7 Å². The van der Waals surface area contributed by atoms with Crippen molar-refractivity contribution in [2.45, 2.75) is 0 Å². The lowest BCUT2D eigenvalue weighted by molar-refractivity contribution is -0.384. The van der Waals surface area contributed by atoms with Crippen LogP contribution in [0.5, 0.6) is 0 Å². The Labute approximate surface area is 95.6 Å². The number of nitrogens with one attached hydrogen (secondary N) is 2. The van der Waals surface area contributed by atoms with Crippen LogP contribution in [0.15, 0.2) is 36.8 Å². The van der Waals surface area contributed by atoms with Crippen LogP contribution in [0.1, 0.15) is 10.4 Å². The third-order valence-electron chi connectivity index (χ3n) is 2.09. The Morgan fingerprint density at radius 3 is 2.59 bits per heavy atom. The van der Waals surface area contributed by atoms with Gasteiger partial charge in [-0.1, -0.05) is 0 Å². The molecule has 1 aromatic carbocycles. The zero-order chi connectivity index (χ0) is 12.3. The first-order valence-electron chi connectivity index (χ1n) is 4.71. The topological polar surface area (TPSA) is 101 Å². The largest absolute Gasteiger partial charge is 0.331 e. The van der Waals surface area contributed by atoms with Crippen molar-refractivity contribution in [3.63, 3.8) is 0 Å². The van der Waals surface area contributed by atoms with E-state index in [0.29, 0.717) is 11.4 Å². The SMILES string of the molecule is O=C(Nc1cnc[nH]1)c1ccc([N+](=O)[O-])cc1. The van der Waals surface area contributed by atoms with Gasteiger partial charge in [-0.2, -0.15) is 0 Å². The summed E-state index contributed by atoms with van der Waals surface area (Å²) in [5, 5.41) is 13.0. The second-order valence-electron chi connectivity index (χ2n) is 3.22. The Kier molecular flexibility index (Phi) is 2.82. The zero-order valence-corrected chi connectivity index (χ0v) is 8.58. The number of H-pyrrole nitrogens is 1. The first-order valence-corrected chi connectivity index (χ1v) is 4.71. The molecule has 86 valence electrons. The van der Waals surface area contributed by atoms with Crippen LogP contribution in [0.2, 0.25) is 0 Å². The maximum atomic E-state index is 11.7. The number of benzene rings is 1. The second-order valence-corrected chi connectivity index (χ2v) is 3.22. The van der Waals surface area contributed by atoms with Gasteiger partial charge in [0.25, 0.3) is 11.6 Å². The van der Waals surface area contributed by atoms with E-state index in [1.807, 2.05) is 0 Å². The minimum atomic E-state index is -0.517. The maximum absolute atomic E-state index is 11.7. The van der Waals surface area contributed by atoms with Gasteiger partial charge in [0.1, 0.15) is 5.82 Å². The Hall–Kier alpha value is -2.70. The van der Waals surface area contributed by atoms with Crippen LogP contribution >= 0.6 is 0 Å². The highest BCUT2D eigenvalue weighted by Gasteiger charge is 2.09. The summed E-state index contributed by atoms with van der Waals surface area (Å²) in [5.74, 6) is 0.109. The van der Waals surface area contributed by atoms with E-state index in [4.69, 9.17) is 0 Å². The molecule has 0 aliphatic rings. The molecule has 17 heavy (non-hydrogen) atoms. The van der Waals surface area contributed by atoms with Gasteiger partial charge in [-0.3, -0.25) is 14.9 Å². The van der Waals surface area contributed by atoms with Gasteiger partial charge >= 0.3 is 0 Å². The average molecular weight is 232 g/mol. The fourth-order valence-corrected chi connectivity index (χ4v) is 1.25. The minimum absolute atomic E-state index is 0.0527. The van der Waals surface area contributed by atoms with Crippen molar-refractivity contribution in [2.24, 2.45) is 0 Å². The zero-order valence-electron chi connectivity index (χ0n) is 8.58. The molecule has 0 unspecified atom stereocenters. The Morgan fingerprint density at radius 2 is 2.06 bits per heavy atom. The average Bonchev–Trinajstić information content (AvgIpc) is 2.82. The lowest BCUT2D eigenvalue weighted by Crippen LogP contribution is -2.11. The Bertz CT molecular complexity index is 533. The van der Waals surface area contributed by atoms with Crippen LogP contribution in [0.4, 0.5) is 11.5 Å². The number of carbonyl (C=O) groups excluding carboxylic acids is 1. The summed E-state index contributed by atoms with van der Waals surface area (Å²) in [6.45, 7) is 0. The molecule has 0 atom stereocenters. The molecule has 0 aliphatic heterocycles. The fourth-order valence-electron chi connectivity index (χ4n) is 1.25. The quantitative estimate of drug-likeness (QED) is 0.619. The molecule has 0 spiro atoms. The summed E-state index contributed by atoms with van der Waals surface area (Å²) in [5.41, 5.74) is 0.285. The number of hydrogen-bond donors (Lipinski definition) is 2. The molecule has 0 aliphatic carbocycles. The molecule has 0 fully saturated rings. The standard InChI is InChI=1S/C10H8N4O3/c15-10(13-9-5-11-6-12-9)7-1-3-8(4-2-7)14(16)17/h1-6H,(H,11,12)(H,13,15). The van der Waals surface area contributed by atoms with E-state index in [1.54, 1.807) is 0 Å². The summed E-state index contributed by atoms with van der Waals surface area (Å²) in [6, 6.07) is 5.34. The van der Waals surface area contributed by atoms with Crippen LogP contribution in [0, 0.1) is 10.1 Å². The van der Waals surface area contributed by atoms with Gasteiger partial charge in [0.2, 0.25) is 0 Å². The third-order valence-corrected chi connectivity index (χ3v) is 2.09. The van der Waals surface area contributed by atoms with E-state index in [0.717, 1.165) is 0 Å². The smallest absolute Gasteiger partial charge is 0.269 e. The minimum Gasteiger partial charge on any atom is -0.331 e. The molecule has 7 heteroatoms. The van der Waals surface area contributed by atoms with Crippen molar-refractivity contribution < 1.29 is 9.72 Å². The van der Waals surface area contributed by atoms with Gasteiger partial charge in [0.15, 0.2) is 0 Å². The van der Waals surface area contributed by atoms with E-state index in [-0.39, 0.29) is 11.6 Å². The summed E-state index contributed by atoms with van der Waals surface area (Å²) >= 11 is 0. The number of non-ortho nitro benzene ring substituents is 1. The van der Waals surface area contributed by atoms with E-state index < -0.39 is 4.92 Å². The molecule has 7 nitrogen and oxygen atoms in total. The third kappa shape index (κ3) is 2.46. The molecule has 0 bridgehead atoms. The Balaban J connectivity index is 2.12. The molecular weight excluding hydrogens is 224 g/mol. The Morgan fingerprint density at radius 1 is 1.35 bits per heavy atom. The fraction of sp³-hybridized carbons (Fsp3) is 0. The number of nitro groups is 1. The highest BCUT2D eigenvalue weighted by molar-refractivity contribution is 6.03. The van der Waals surface area contributed by atoms with E-state index in [9.17, 15) is 14.9 Å². The number of aromatic amines is 1. The maximum Gasteiger partial charge on any atom is 0.269 e. The first-order chi connectivity index (χ1) is 8.16. The number of nitrogens with zero attached hydrogens (tertiary/aromatic N) is 2. The normalized spacial score (nSPS) is 9.88. The van der Waals surface area contributed by atoms with Gasteiger partial charge in [-0.05, 0) is 12.1 Å². The van der Waals surface area contributed by atoms with Gasteiger partial charge in [-0.15, -0.1) is 0 Å². The van der Waals surface area contributed by atoms with Crippen LogP contribution < -0.4 is 5.32 Å². The number of carbonyl (C=O) groups is 1. The molecule has 0 saturated carbocycles.